The highest BCUT2D eigenvalue weighted by atomic mass is 32.2. The lowest BCUT2D eigenvalue weighted by molar-refractivity contribution is -0.143. The number of benzene rings is 1. The summed E-state index contributed by atoms with van der Waals surface area (Å²) in [5.41, 5.74) is 2.48. The Labute approximate surface area is 222 Å². The van der Waals surface area contributed by atoms with Gasteiger partial charge in [0.1, 0.15) is 11.6 Å². The van der Waals surface area contributed by atoms with E-state index in [4.69, 9.17) is 9.40 Å². The Morgan fingerprint density at radius 3 is 2.42 bits per heavy atom. The molecule has 0 radical (unpaired) electrons. The topological polar surface area (TPSA) is 130 Å². The lowest BCUT2D eigenvalue weighted by Gasteiger charge is -2.24. The average Bonchev–Trinajstić information content (AvgIpc) is 3.82. The van der Waals surface area contributed by atoms with E-state index < -0.39 is 21.4 Å². The van der Waals surface area contributed by atoms with Crippen LogP contribution in [-0.4, -0.2) is 50.2 Å². The van der Waals surface area contributed by atoms with Gasteiger partial charge in [-0.2, -0.15) is 4.98 Å². The van der Waals surface area contributed by atoms with E-state index >= 15 is 0 Å². The number of pyridine rings is 1. The number of fused-ring (bicyclic) bond motifs is 1. The monoisotopic (exact) mass is 539 g/mol. The van der Waals surface area contributed by atoms with Gasteiger partial charge in [-0.05, 0) is 68.1 Å². The number of aliphatic carboxylic acids is 1. The molecule has 2 aliphatic rings. The first kappa shape index (κ1) is 26.2. The molecule has 2 saturated carbocycles. The third kappa shape index (κ3) is 4.89. The predicted octanol–water partition coefficient (Wildman–Crippen LogP) is 4.71. The van der Waals surface area contributed by atoms with E-state index in [1.165, 1.54) is 4.31 Å². The molecule has 202 valence electrons. The van der Waals surface area contributed by atoms with Gasteiger partial charge in [-0.1, -0.05) is 31.2 Å². The quantitative estimate of drug-likeness (QED) is 0.361. The van der Waals surface area contributed by atoms with Crippen LogP contribution in [0.5, 0.6) is 0 Å². The molecule has 2 fully saturated rings. The fraction of sp³-hybridized carbons (Fsp3) is 0.464. The van der Waals surface area contributed by atoms with Gasteiger partial charge in [0.05, 0.1) is 22.6 Å². The van der Waals surface area contributed by atoms with Crippen LogP contribution in [0.15, 0.2) is 34.7 Å². The van der Waals surface area contributed by atoms with Crippen molar-refractivity contribution in [2.75, 3.05) is 24.2 Å². The number of anilines is 1. The third-order valence-corrected chi connectivity index (χ3v) is 8.90. The first-order valence-corrected chi connectivity index (χ1v) is 14.9. The second kappa shape index (κ2) is 9.72. The van der Waals surface area contributed by atoms with Gasteiger partial charge in [-0.3, -0.25) is 13.9 Å². The number of carboxylic acids is 1. The number of carbonyl (C=O) groups is 2. The van der Waals surface area contributed by atoms with Crippen molar-refractivity contribution in [3.05, 3.63) is 47.0 Å². The number of aryl methyl sites for hydroxylation is 1. The Balaban J connectivity index is 1.60. The minimum Gasteiger partial charge on any atom is -0.481 e. The molecule has 2 aromatic heterocycles. The van der Waals surface area contributed by atoms with E-state index in [1.807, 2.05) is 30.3 Å². The summed E-state index contributed by atoms with van der Waals surface area (Å²) < 4.78 is 33.3. The van der Waals surface area contributed by atoms with Crippen molar-refractivity contribution in [3.8, 4) is 11.3 Å². The number of amides is 1. The number of hydrogen-bond donors (Lipinski definition) is 2. The molecule has 0 aliphatic heterocycles. The number of sulfonamides is 1. The van der Waals surface area contributed by atoms with Crippen molar-refractivity contribution in [3.63, 3.8) is 0 Å². The van der Waals surface area contributed by atoms with Crippen molar-refractivity contribution >= 4 is 38.8 Å². The highest BCUT2D eigenvalue weighted by Crippen LogP contribution is 2.50. The van der Waals surface area contributed by atoms with Crippen LogP contribution in [0.4, 0.5) is 5.82 Å². The number of furan rings is 1. The highest BCUT2D eigenvalue weighted by Gasteiger charge is 2.49. The molecule has 0 unspecified atom stereocenters. The van der Waals surface area contributed by atoms with Gasteiger partial charge in [0.2, 0.25) is 15.7 Å². The number of carboxylic acid groups (broad SMARTS) is 1. The number of hydrogen-bond acceptors (Lipinski definition) is 6. The van der Waals surface area contributed by atoms with Crippen molar-refractivity contribution < 1.29 is 27.5 Å². The van der Waals surface area contributed by atoms with Crippen molar-refractivity contribution in [1.82, 2.24) is 10.3 Å². The molecule has 0 bridgehead atoms. The van der Waals surface area contributed by atoms with Crippen LogP contribution in [0.1, 0.15) is 72.9 Å². The lowest BCUT2D eigenvalue weighted by Crippen LogP contribution is -2.33. The van der Waals surface area contributed by atoms with E-state index in [0.717, 1.165) is 42.2 Å². The lowest BCUT2D eigenvalue weighted by atomic mass is 10.0. The Bertz CT molecular complexity index is 1500. The largest absolute Gasteiger partial charge is 0.481 e. The van der Waals surface area contributed by atoms with Gasteiger partial charge < -0.3 is 14.8 Å². The minimum absolute atomic E-state index is 0.125. The molecule has 9 nitrogen and oxygen atoms in total. The van der Waals surface area contributed by atoms with E-state index in [1.54, 1.807) is 7.05 Å². The summed E-state index contributed by atoms with van der Waals surface area (Å²) >= 11 is 0. The van der Waals surface area contributed by atoms with E-state index in [9.17, 15) is 23.1 Å². The molecule has 0 atom stereocenters. The molecule has 3 aromatic rings. The predicted molar refractivity (Wildman–Crippen MR) is 145 cm³/mol. The molecule has 38 heavy (non-hydrogen) atoms. The van der Waals surface area contributed by atoms with Crippen molar-refractivity contribution in [1.29, 1.82) is 0 Å². The van der Waals surface area contributed by atoms with Gasteiger partial charge in [0, 0.05) is 19.2 Å². The average molecular weight is 540 g/mol. The summed E-state index contributed by atoms with van der Waals surface area (Å²) in [7, 11) is -2.15. The second-order valence-corrected chi connectivity index (χ2v) is 12.4. The number of carbonyl (C=O) groups excluding carboxylic acids is 1. The van der Waals surface area contributed by atoms with Crippen molar-refractivity contribution in [2.45, 2.75) is 57.8 Å². The normalized spacial score (nSPS) is 16.4. The zero-order chi connectivity index (χ0) is 27.2. The molecule has 10 heteroatoms. The Morgan fingerprint density at radius 1 is 1.21 bits per heavy atom. The third-order valence-electron chi connectivity index (χ3n) is 7.75. The fourth-order valence-electron chi connectivity index (χ4n) is 5.08. The van der Waals surface area contributed by atoms with Crippen LogP contribution in [0, 0.1) is 5.41 Å². The van der Waals surface area contributed by atoms with Crippen LogP contribution in [0.3, 0.4) is 0 Å². The molecule has 1 aromatic carbocycles. The molecular formula is C28H33N3O6S. The van der Waals surface area contributed by atoms with Crippen LogP contribution < -0.4 is 9.62 Å². The zero-order valence-corrected chi connectivity index (χ0v) is 22.7. The summed E-state index contributed by atoms with van der Waals surface area (Å²) in [6, 6.07) is 9.64. The fourth-order valence-corrected chi connectivity index (χ4v) is 6.00. The molecule has 2 N–H and O–H groups in total. The molecule has 1 amide bonds. The molecule has 2 aliphatic carbocycles. The molecule has 0 saturated heterocycles. The highest BCUT2D eigenvalue weighted by molar-refractivity contribution is 7.92. The molecule has 5 rings (SSSR count). The number of rotatable bonds is 11. The van der Waals surface area contributed by atoms with Crippen LogP contribution >= 0.6 is 0 Å². The number of nitrogens with one attached hydrogen (secondary N) is 1. The number of nitrogens with zero attached hydrogens (tertiary/aromatic N) is 2. The summed E-state index contributed by atoms with van der Waals surface area (Å²) in [4.78, 5) is 29.3. The molecule has 2 heterocycles. The summed E-state index contributed by atoms with van der Waals surface area (Å²) in [5, 5.41) is 12.8. The van der Waals surface area contributed by atoms with Crippen molar-refractivity contribution in [2.24, 2.45) is 5.41 Å². The van der Waals surface area contributed by atoms with Crippen LogP contribution in [-0.2, 0) is 21.2 Å². The van der Waals surface area contributed by atoms with Crippen LogP contribution in [0.25, 0.3) is 22.4 Å². The van der Waals surface area contributed by atoms with Gasteiger partial charge in [0.15, 0.2) is 0 Å². The van der Waals surface area contributed by atoms with E-state index in [-0.39, 0.29) is 24.1 Å². The van der Waals surface area contributed by atoms with Gasteiger partial charge in [-0.25, -0.2) is 8.42 Å². The second-order valence-electron chi connectivity index (χ2n) is 10.5. The van der Waals surface area contributed by atoms with E-state index in [2.05, 4.69) is 12.2 Å². The maximum atomic E-state index is 13.0. The summed E-state index contributed by atoms with van der Waals surface area (Å²) in [6.45, 7) is 2.19. The Kier molecular flexibility index (Phi) is 6.71. The summed E-state index contributed by atoms with van der Waals surface area (Å²) in [6.07, 6.45) is 5.88. The summed E-state index contributed by atoms with van der Waals surface area (Å²) in [5.74, 6) is -0.305. The first-order valence-electron chi connectivity index (χ1n) is 13.1. The van der Waals surface area contributed by atoms with Gasteiger partial charge >= 0.3 is 5.97 Å². The number of aromatic nitrogens is 1. The smallest absolute Gasteiger partial charge is 0.309 e. The molecular weight excluding hydrogens is 506 g/mol. The SMILES string of the molecule is CCc1ccc(-c2oc3nc(N(CCCC4(C(=O)O)CC4)S(C)(=O)=O)c(C4CC4)cc3c2C(=O)NC)cc1. The maximum Gasteiger partial charge on any atom is 0.309 e. The first-order chi connectivity index (χ1) is 18.1. The van der Waals surface area contributed by atoms with Gasteiger partial charge in [-0.15, -0.1) is 0 Å². The van der Waals surface area contributed by atoms with Gasteiger partial charge in [0.25, 0.3) is 5.91 Å². The maximum absolute atomic E-state index is 13.0. The Hall–Kier alpha value is -3.40. The standard InChI is InChI=1S/C28H33N3O6S/c1-4-17-6-8-19(9-7-17)23-22(25(32)29-2)21-16-20(18-10-11-18)24(30-26(21)37-23)31(38(3,35)36)15-5-12-28(13-14-28)27(33)34/h6-9,16,18H,4-5,10-15H2,1-3H3,(H,29,32)(H,33,34). The Morgan fingerprint density at radius 2 is 1.89 bits per heavy atom. The minimum atomic E-state index is -3.71. The van der Waals surface area contributed by atoms with E-state index in [0.29, 0.717) is 48.2 Å². The molecule has 0 spiro atoms. The van der Waals surface area contributed by atoms with Crippen LogP contribution in [0.2, 0.25) is 0 Å². The zero-order valence-electron chi connectivity index (χ0n) is 21.9.